The molecule has 0 saturated carbocycles. The highest BCUT2D eigenvalue weighted by Gasteiger charge is 2.21. The van der Waals surface area contributed by atoms with Crippen molar-refractivity contribution in [2.75, 3.05) is 33.5 Å². The van der Waals surface area contributed by atoms with Crippen molar-refractivity contribution in [2.24, 2.45) is 10.8 Å². The van der Waals surface area contributed by atoms with Crippen LogP contribution in [-0.2, 0) is 19.2 Å². The Hall–Kier alpha value is -1.96. The Morgan fingerprint density at radius 3 is 1.92 bits per heavy atom. The molecule has 0 fully saturated rings. The van der Waals surface area contributed by atoms with Crippen molar-refractivity contribution < 1.29 is 33.9 Å². The van der Waals surface area contributed by atoms with Gasteiger partial charge in [0.2, 0.25) is 0 Å². The summed E-state index contributed by atoms with van der Waals surface area (Å²) >= 11 is 0. The first-order valence-electron chi connectivity index (χ1n) is 8.31. The lowest BCUT2D eigenvalue weighted by Gasteiger charge is -2.22. The number of carbonyl (C=O) groups excluding carboxylic acids is 2. The number of esters is 1. The van der Waals surface area contributed by atoms with Crippen LogP contribution < -0.4 is 0 Å². The molecule has 0 spiro atoms. The second-order valence-electron chi connectivity index (χ2n) is 7.71. The van der Waals surface area contributed by atoms with E-state index in [0.29, 0.717) is 12.2 Å². The van der Waals surface area contributed by atoms with Crippen molar-refractivity contribution in [1.82, 2.24) is 0 Å². The smallest absolute Gasteiger partial charge is 0.373 e. The Kier molecular flexibility index (Phi) is 8.20. The summed E-state index contributed by atoms with van der Waals surface area (Å²) in [6, 6.07) is 5.89. The van der Waals surface area contributed by atoms with E-state index in [1.54, 1.807) is 21.0 Å². The van der Waals surface area contributed by atoms with E-state index in [4.69, 9.17) is 24.4 Å². The van der Waals surface area contributed by atoms with E-state index in [0.717, 1.165) is 0 Å². The Balaban J connectivity index is 2.54. The van der Waals surface area contributed by atoms with Crippen LogP contribution in [0.2, 0.25) is 0 Å². The van der Waals surface area contributed by atoms with Crippen molar-refractivity contribution in [1.29, 1.82) is 0 Å². The molecule has 1 rings (SSSR count). The molecule has 1 aromatic carbocycles. The van der Waals surface area contributed by atoms with Crippen LogP contribution in [0.1, 0.15) is 48.4 Å². The number of hydrogen-bond acceptors (Lipinski definition) is 7. The molecule has 0 amide bonds. The average molecular weight is 368 g/mol. The quantitative estimate of drug-likeness (QED) is 0.386. The maximum atomic E-state index is 12.1. The minimum absolute atomic E-state index is 0.0664. The Bertz CT molecular complexity index is 590. The second kappa shape index (κ2) is 9.66. The van der Waals surface area contributed by atoms with Crippen molar-refractivity contribution in [3.8, 4) is 0 Å². The number of carbonyl (C=O) groups is 2. The van der Waals surface area contributed by atoms with Crippen LogP contribution in [0.25, 0.3) is 0 Å². The first-order chi connectivity index (χ1) is 12.1. The van der Waals surface area contributed by atoms with Crippen molar-refractivity contribution in [2.45, 2.75) is 27.7 Å². The van der Waals surface area contributed by atoms with Crippen LogP contribution in [0.3, 0.4) is 0 Å². The van der Waals surface area contributed by atoms with E-state index in [9.17, 15) is 9.59 Å². The van der Waals surface area contributed by atoms with Gasteiger partial charge in [-0.3, -0.25) is 4.89 Å². The highest BCUT2D eigenvalue weighted by atomic mass is 17.2. The third-order valence-corrected chi connectivity index (χ3v) is 3.50. The molecule has 26 heavy (non-hydrogen) atoms. The maximum Gasteiger partial charge on any atom is 0.373 e. The molecule has 0 aromatic heterocycles. The van der Waals surface area contributed by atoms with Gasteiger partial charge < -0.3 is 14.6 Å². The maximum absolute atomic E-state index is 12.1. The number of ether oxygens (including phenoxy) is 2. The molecule has 0 unspecified atom stereocenters. The highest BCUT2D eigenvalue weighted by Crippen LogP contribution is 2.17. The fourth-order valence-electron chi connectivity index (χ4n) is 1.86. The predicted molar refractivity (Wildman–Crippen MR) is 94.6 cm³/mol. The van der Waals surface area contributed by atoms with Crippen molar-refractivity contribution in [3.63, 3.8) is 0 Å². The molecule has 0 saturated heterocycles. The minimum atomic E-state index is -0.681. The molecule has 0 atom stereocenters. The summed E-state index contributed by atoms with van der Waals surface area (Å²) in [6.45, 7) is 8.07. The molecule has 0 bridgehead atoms. The summed E-state index contributed by atoms with van der Waals surface area (Å²) in [5.41, 5.74) is -0.224. The Morgan fingerprint density at radius 2 is 1.42 bits per heavy atom. The predicted octanol–water partition coefficient (Wildman–Crippen LogP) is 2.62. The first-order valence-corrected chi connectivity index (χ1v) is 8.31. The minimum Gasteiger partial charge on any atom is -0.461 e. The van der Waals surface area contributed by atoms with Crippen molar-refractivity contribution >= 4 is 11.9 Å². The fraction of sp³-hybridized carbons (Fsp3) is 0.579. The van der Waals surface area contributed by atoms with E-state index in [1.165, 1.54) is 24.3 Å². The topological polar surface area (TPSA) is 91.3 Å². The molecule has 0 aliphatic carbocycles. The number of hydrogen-bond donors (Lipinski definition) is 1. The van der Waals surface area contributed by atoms with Gasteiger partial charge in [-0.1, -0.05) is 27.7 Å². The Morgan fingerprint density at radius 1 is 0.885 bits per heavy atom. The van der Waals surface area contributed by atoms with Gasteiger partial charge in [0, 0.05) is 17.9 Å². The molecule has 7 heteroatoms. The molecule has 0 aliphatic rings. The van der Waals surface area contributed by atoms with E-state index < -0.39 is 17.4 Å². The number of benzene rings is 1. The zero-order valence-electron chi connectivity index (χ0n) is 16.0. The summed E-state index contributed by atoms with van der Waals surface area (Å²) in [7, 11) is 1.59. The summed E-state index contributed by atoms with van der Waals surface area (Å²) in [5, 5.41) is 9.11. The summed E-state index contributed by atoms with van der Waals surface area (Å²) in [6.07, 6.45) is 0. The molecular formula is C19H28O7. The molecule has 0 heterocycles. The zero-order valence-corrected chi connectivity index (χ0v) is 16.0. The SMILES string of the molecule is COCC(C)(C)COC(=O)c1ccc(C(=O)OOCC(C)(C)CO)cc1. The van der Waals surface area contributed by atoms with E-state index >= 15 is 0 Å². The van der Waals surface area contributed by atoms with Crippen LogP contribution in [0, 0.1) is 10.8 Å². The van der Waals surface area contributed by atoms with Crippen LogP contribution in [0.15, 0.2) is 24.3 Å². The lowest BCUT2D eigenvalue weighted by Crippen LogP contribution is -2.26. The van der Waals surface area contributed by atoms with E-state index in [1.807, 2.05) is 13.8 Å². The molecule has 7 nitrogen and oxygen atoms in total. The van der Waals surface area contributed by atoms with Gasteiger partial charge in [-0.25, -0.2) is 9.59 Å². The third kappa shape index (κ3) is 7.51. The van der Waals surface area contributed by atoms with Gasteiger partial charge in [0.15, 0.2) is 0 Å². The monoisotopic (exact) mass is 368 g/mol. The number of aliphatic hydroxyl groups is 1. The lowest BCUT2D eigenvalue weighted by molar-refractivity contribution is -0.259. The van der Waals surface area contributed by atoms with Crippen LogP contribution >= 0.6 is 0 Å². The van der Waals surface area contributed by atoms with Gasteiger partial charge in [-0.2, -0.15) is 4.89 Å². The average Bonchev–Trinajstić information content (AvgIpc) is 2.59. The number of methoxy groups -OCH3 is 1. The molecule has 146 valence electrons. The van der Waals surface area contributed by atoms with Gasteiger partial charge in [0.05, 0.1) is 30.9 Å². The highest BCUT2D eigenvalue weighted by molar-refractivity contribution is 5.93. The number of aliphatic hydroxyl groups excluding tert-OH is 1. The largest absolute Gasteiger partial charge is 0.461 e. The lowest BCUT2D eigenvalue weighted by atomic mass is 9.96. The summed E-state index contributed by atoms with van der Waals surface area (Å²) in [5.74, 6) is -1.16. The zero-order chi connectivity index (χ0) is 19.8. The third-order valence-electron chi connectivity index (χ3n) is 3.50. The molecular weight excluding hydrogens is 340 g/mol. The first kappa shape index (κ1) is 22.1. The summed E-state index contributed by atoms with van der Waals surface area (Å²) < 4.78 is 10.4. The van der Waals surface area contributed by atoms with Crippen LogP contribution in [0.4, 0.5) is 0 Å². The van der Waals surface area contributed by atoms with Gasteiger partial charge in [0.25, 0.3) is 0 Å². The fourth-order valence-corrected chi connectivity index (χ4v) is 1.86. The van der Waals surface area contributed by atoms with Gasteiger partial charge in [-0.15, -0.1) is 0 Å². The standard InChI is InChI=1S/C19H28O7/c1-18(2,10-20)13-25-26-17(22)15-8-6-14(7-9-15)16(21)24-12-19(3,4)11-23-5/h6-9,20H,10-13H2,1-5H3. The van der Waals surface area contributed by atoms with Gasteiger partial charge >= 0.3 is 11.9 Å². The number of rotatable bonds is 10. The van der Waals surface area contributed by atoms with E-state index in [-0.39, 0.29) is 30.8 Å². The molecule has 0 radical (unpaired) electrons. The van der Waals surface area contributed by atoms with Gasteiger partial charge in [-0.05, 0) is 24.3 Å². The van der Waals surface area contributed by atoms with E-state index in [2.05, 4.69) is 0 Å². The molecule has 0 aliphatic heterocycles. The second-order valence-corrected chi connectivity index (χ2v) is 7.71. The summed E-state index contributed by atoms with van der Waals surface area (Å²) in [4.78, 5) is 33.5. The molecule has 1 aromatic rings. The van der Waals surface area contributed by atoms with Crippen molar-refractivity contribution in [3.05, 3.63) is 35.4 Å². The van der Waals surface area contributed by atoms with Crippen LogP contribution in [-0.4, -0.2) is 50.6 Å². The van der Waals surface area contributed by atoms with Gasteiger partial charge in [0.1, 0.15) is 6.61 Å². The molecule has 1 N–H and O–H groups in total. The normalized spacial score (nSPS) is 11.9. The van der Waals surface area contributed by atoms with Crippen LogP contribution in [0.5, 0.6) is 0 Å². The Labute approximate surface area is 154 Å².